The number of nitrogens with zero attached hydrogens (tertiary/aromatic N) is 4. The lowest BCUT2D eigenvalue weighted by molar-refractivity contribution is 0.587. The molecule has 0 spiro atoms. The largest absolute Gasteiger partial charge is 0.264 e. The number of hydrogen-bond donors (Lipinski definition) is 0. The van der Waals surface area contributed by atoms with E-state index in [0.717, 1.165) is 24.2 Å². The Morgan fingerprint density at radius 3 is 2.52 bits per heavy atom. The van der Waals surface area contributed by atoms with Crippen molar-refractivity contribution in [2.45, 2.75) is 37.1 Å². The summed E-state index contributed by atoms with van der Waals surface area (Å²) in [6, 6.07) is 16.1. The number of aromatic nitrogens is 3. The SMILES string of the molecule is Cc1cccc(S(=O)(=O)N(Cc2nc(C3CC3)nn2C)c2ccccc2)c1. The molecule has 27 heavy (non-hydrogen) atoms. The van der Waals surface area contributed by atoms with Crippen LogP contribution in [0.5, 0.6) is 0 Å². The highest BCUT2D eigenvalue weighted by molar-refractivity contribution is 7.92. The third kappa shape index (κ3) is 3.60. The van der Waals surface area contributed by atoms with E-state index in [0.29, 0.717) is 17.4 Å². The first-order valence-corrected chi connectivity index (χ1v) is 10.4. The molecule has 0 saturated heterocycles. The fourth-order valence-electron chi connectivity index (χ4n) is 3.03. The van der Waals surface area contributed by atoms with Gasteiger partial charge in [0.1, 0.15) is 5.82 Å². The highest BCUT2D eigenvalue weighted by atomic mass is 32.2. The van der Waals surface area contributed by atoms with Gasteiger partial charge in [-0.3, -0.25) is 8.99 Å². The van der Waals surface area contributed by atoms with Gasteiger partial charge in [-0.2, -0.15) is 5.10 Å². The zero-order valence-corrected chi connectivity index (χ0v) is 16.2. The highest BCUT2D eigenvalue weighted by Crippen LogP contribution is 2.38. The van der Waals surface area contributed by atoms with E-state index in [1.165, 1.54) is 4.31 Å². The third-order valence-electron chi connectivity index (χ3n) is 4.72. The quantitative estimate of drug-likeness (QED) is 0.655. The average molecular weight is 382 g/mol. The monoisotopic (exact) mass is 382 g/mol. The predicted octanol–water partition coefficient (Wildman–Crippen LogP) is 3.40. The highest BCUT2D eigenvalue weighted by Gasteiger charge is 2.31. The Hall–Kier alpha value is -2.67. The van der Waals surface area contributed by atoms with Crippen LogP contribution in [-0.2, 0) is 23.6 Å². The second-order valence-corrected chi connectivity index (χ2v) is 8.81. The molecule has 6 nitrogen and oxygen atoms in total. The summed E-state index contributed by atoms with van der Waals surface area (Å²) < 4.78 is 29.9. The van der Waals surface area contributed by atoms with Crippen LogP contribution in [0, 0.1) is 6.92 Å². The van der Waals surface area contributed by atoms with Crippen molar-refractivity contribution >= 4 is 15.7 Å². The van der Waals surface area contributed by atoms with Crippen LogP contribution in [0.2, 0.25) is 0 Å². The summed E-state index contributed by atoms with van der Waals surface area (Å²) in [5.41, 5.74) is 1.51. The molecule has 0 amide bonds. The summed E-state index contributed by atoms with van der Waals surface area (Å²) in [5, 5.41) is 4.47. The zero-order chi connectivity index (χ0) is 19.0. The number of anilines is 1. The minimum atomic E-state index is -3.73. The molecule has 0 N–H and O–H groups in total. The number of benzene rings is 2. The van der Waals surface area contributed by atoms with Crippen molar-refractivity contribution in [3.8, 4) is 0 Å². The van der Waals surface area contributed by atoms with Crippen molar-refractivity contribution in [1.29, 1.82) is 0 Å². The first-order chi connectivity index (χ1) is 12.9. The molecular weight excluding hydrogens is 360 g/mol. The summed E-state index contributed by atoms with van der Waals surface area (Å²) in [4.78, 5) is 4.88. The van der Waals surface area contributed by atoms with Crippen LogP contribution in [0.15, 0.2) is 59.5 Å². The minimum Gasteiger partial charge on any atom is -0.259 e. The molecule has 0 atom stereocenters. The first-order valence-electron chi connectivity index (χ1n) is 8.99. The molecular formula is C20H22N4O2S. The summed E-state index contributed by atoms with van der Waals surface area (Å²) in [7, 11) is -1.92. The lowest BCUT2D eigenvalue weighted by Gasteiger charge is -2.24. The Morgan fingerprint density at radius 2 is 1.85 bits per heavy atom. The molecule has 1 heterocycles. The van der Waals surface area contributed by atoms with Gasteiger partial charge < -0.3 is 0 Å². The van der Waals surface area contributed by atoms with Crippen LogP contribution in [-0.4, -0.2) is 23.2 Å². The fraction of sp³-hybridized carbons (Fsp3) is 0.300. The van der Waals surface area contributed by atoms with Crippen LogP contribution in [0.3, 0.4) is 0 Å². The maximum absolute atomic E-state index is 13.4. The number of sulfonamides is 1. The number of rotatable bonds is 6. The molecule has 1 aromatic heterocycles. The molecule has 3 aromatic rings. The maximum atomic E-state index is 13.4. The number of aryl methyl sites for hydroxylation is 2. The molecule has 1 aliphatic rings. The van der Waals surface area contributed by atoms with E-state index in [1.807, 2.05) is 38.2 Å². The zero-order valence-electron chi connectivity index (χ0n) is 15.4. The molecule has 1 fully saturated rings. The Bertz CT molecular complexity index is 1060. The van der Waals surface area contributed by atoms with Crippen LogP contribution in [0.1, 0.15) is 36.0 Å². The van der Waals surface area contributed by atoms with Gasteiger partial charge in [0.05, 0.1) is 17.1 Å². The molecule has 4 rings (SSSR count). The molecule has 1 saturated carbocycles. The van der Waals surface area contributed by atoms with E-state index >= 15 is 0 Å². The predicted molar refractivity (Wildman–Crippen MR) is 104 cm³/mol. The first kappa shape index (κ1) is 17.7. The van der Waals surface area contributed by atoms with E-state index in [1.54, 1.807) is 35.0 Å². The van der Waals surface area contributed by atoms with E-state index < -0.39 is 10.0 Å². The van der Waals surface area contributed by atoms with E-state index in [2.05, 4.69) is 10.1 Å². The standard InChI is InChI=1S/C20H22N4O2S/c1-15-7-6-10-18(13-15)27(25,26)24(17-8-4-3-5-9-17)14-19-21-20(16-11-12-16)22-23(19)2/h3-10,13,16H,11-12,14H2,1-2H3. The smallest absolute Gasteiger partial charge is 0.259 e. The van der Waals surface area contributed by atoms with Crippen molar-refractivity contribution in [2.24, 2.45) is 7.05 Å². The van der Waals surface area contributed by atoms with Gasteiger partial charge in [0.15, 0.2) is 5.82 Å². The molecule has 140 valence electrons. The minimum absolute atomic E-state index is 0.135. The van der Waals surface area contributed by atoms with Crippen molar-refractivity contribution in [2.75, 3.05) is 4.31 Å². The Balaban J connectivity index is 1.76. The van der Waals surface area contributed by atoms with Crippen molar-refractivity contribution in [3.05, 3.63) is 71.8 Å². The lowest BCUT2D eigenvalue weighted by Crippen LogP contribution is -2.31. The van der Waals surface area contributed by atoms with Gasteiger partial charge in [-0.05, 0) is 49.6 Å². The van der Waals surface area contributed by atoms with Gasteiger partial charge in [-0.1, -0.05) is 30.3 Å². The molecule has 0 aliphatic heterocycles. The van der Waals surface area contributed by atoms with Gasteiger partial charge in [-0.15, -0.1) is 0 Å². The Kier molecular flexibility index (Phi) is 4.47. The molecule has 0 bridgehead atoms. The fourth-order valence-corrected chi connectivity index (χ4v) is 4.56. The van der Waals surface area contributed by atoms with Gasteiger partial charge in [0, 0.05) is 13.0 Å². The van der Waals surface area contributed by atoms with Crippen LogP contribution >= 0.6 is 0 Å². The summed E-state index contributed by atoms with van der Waals surface area (Å²) in [5.74, 6) is 1.87. The van der Waals surface area contributed by atoms with Crippen molar-refractivity contribution in [1.82, 2.24) is 14.8 Å². The van der Waals surface area contributed by atoms with Gasteiger partial charge in [0.2, 0.25) is 0 Å². The second kappa shape index (κ2) is 6.81. The van der Waals surface area contributed by atoms with Crippen molar-refractivity contribution < 1.29 is 8.42 Å². The van der Waals surface area contributed by atoms with Crippen LogP contribution < -0.4 is 4.31 Å². The second-order valence-electron chi connectivity index (χ2n) is 6.95. The summed E-state index contributed by atoms with van der Waals surface area (Å²) in [6.45, 7) is 2.02. The topological polar surface area (TPSA) is 68.1 Å². The third-order valence-corrected chi connectivity index (χ3v) is 6.49. The number of hydrogen-bond acceptors (Lipinski definition) is 4. The normalized spacial score (nSPS) is 14.3. The molecule has 1 aliphatic carbocycles. The van der Waals surface area contributed by atoms with Gasteiger partial charge in [-0.25, -0.2) is 13.4 Å². The van der Waals surface area contributed by atoms with Gasteiger partial charge in [0.25, 0.3) is 10.0 Å². The van der Waals surface area contributed by atoms with E-state index in [9.17, 15) is 8.42 Å². The maximum Gasteiger partial charge on any atom is 0.264 e. The van der Waals surface area contributed by atoms with E-state index in [-0.39, 0.29) is 11.4 Å². The van der Waals surface area contributed by atoms with Gasteiger partial charge >= 0.3 is 0 Å². The summed E-state index contributed by atoms with van der Waals surface area (Å²) in [6.07, 6.45) is 2.21. The van der Waals surface area contributed by atoms with E-state index in [4.69, 9.17) is 0 Å². The molecule has 2 aromatic carbocycles. The summed E-state index contributed by atoms with van der Waals surface area (Å²) >= 11 is 0. The van der Waals surface area contributed by atoms with Crippen LogP contribution in [0.4, 0.5) is 5.69 Å². The van der Waals surface area contributed by atoms with Crippen LogP contribution in [0.25, 0.3) is 0 Å². The lowest BCUT2D eigenvalue weighted by atomic mass is 10.2. The molecule has 7 heteroatoms. The Labute approximate surface area is 159 Å². The molecule has 0 unspecified atom stereocenters. The average Bonchev–Trinajstić information content (AvgIpc) is 3.44. The Morgan fingerprint density at radius 1 is 1.11 bits per heavy atom. The number of para-hydroxylation sites is 1. The molecule has 0 radical (unpaired) electrons. The van der Waals surface area contributed by atoms with Crippen molar-refractivity contribution in [3.63, 3.8) is 0 Å².